The summed E-state index contributed by atoms with van der Waals surface area (Å²) in [5.74, 6) is -1.79. The standard InChI is InChI=1S/C20H22N8O6S3/c1-35-9-8-34-19(31)17-25-16(21)15-18(26-17)28(11-22-15)27(10-14(29)30)7-6-23-37(32,33)20-24-12-4-2-3-5-13(12)36-20/h2-5,11,23H,6-10H2,1H3,(H,29,30)(H2,21,25,26). The summed E-state index contributed by atoms with van der Waals surface area (Å²) in [5, 5.41) is 10.7. The predicted octanol–water partition coefficient (Wildman–Crippen LogP) is 0.539. The van der Waals surface area contributed by atoms with Gasteiger partial charge in [-0.25, -0.2) is 42.5 Å². The summed E-state index contributed by atoms with van der Waals surface area (Å²) in [6.07, 6.45) is 3.13. The zero-order valence-corrected chi connectivity index (χ0v) is 21.8. The van der Waals surface area contributed by atoms with Crippen LogP contribution in [-0.2, 0) is 19.6 Å². The number of thiazole rings is 1. The number of ether oxygens (including phenoxy) is 1. The largest absolute Gasteiger partial charge is 0.480 e. The zero-order chi connectivity index (χ0) is 26.6. The monoisotopic (exact) mass is 566 g/mol. The number of para-hydroxylation sites is 1. The van der Waals surface area contributed by atoms with E-state index < -0.39 is 28.5 Å². The number of benzene rings is 1. The number of carboxylic acid groups (broad SMARTS) is 1. The fourth-order valence-electron chi connectivity index (χ4n) is 3.25. The number of rotatable bonds is 12. The number of hydrogen-bond donors (Lipinski definition) is 3. The van der Waals surface area contributed by atoms with Gasteiger partial charge < -0.3 is 15.6 Å². The van der Waals surface area contributed by atoms with Gasteiger partial charge in [0.05, 0.1) is 10.2 Å². The molecule has 17 heteroatoms. The van der Waals surface area contributed by atoms with Gasteiger partial charge >= 0.3 is 11.9 Å². The Labute approximate surface area is 218 Å². The van der Waals surface area contributed by atoms with Crippen LogP contribution in [0.5, 0.6) is 0 Å². The number of esters is 1. The van der Waals surface area contributed by atoms with Crippen LogP contribution in [0.2, 0.25) is 0 Å². The maximum atomic E-state index is 12.8. The lowest BCUT2D eigenvalue weighted by atomic mass is 10.3. The molecule has 14 nitrogen and oxygen atoms in total. The first-order chi connectivity index (χ1) is 17.7. The van der Waals surface area contributed by atoms with E-state index in [4.69, 9.17) is 10.5 Å². The van der Waals surface area contributed by atoms with Crippen molar-refractivity contribution in [2.75, 3.05) is 49.0 Å². The van der Waals surface area contributed by atoms with E-state index in [1.807, 2.05) is 6.26 Å². The van der Waals surface area contributed by atoms with Crippen molar-refractivity contribution in [2.24, 2.45) is 0 Å². The van der Waals surface area contributed by atoms with Crippen LogP contribution < -0.4 is 15.5 Å². The van der Waals surface area contributed by atoms with Crippen molar-refractivity contribution in [3.05, 3.63) is 36.4 Å². The first kappa shape index (κ1) is 26.5. The third-order valence-electron chi connectivity index (χ3n) is 4.90. The molecule has 0 unspecified atom stereocenters. The summed E-state index contributed by atoms with van der Waals surface area (Å²) in [6.45, 7) is -0.610. The number of carboxylic acids is 1. The fourth-order valence-corrected chi connectivity index (χ4v) is 5.78. The lowest BCUT2D eigenvalue weighted by Crippen LogP contribution is -2.44. The van der Waals surface area contributed by atoms with E-state index in [2.05, 4.69) is 24.7 Å². The second-order valence-electron chi connectivity index (χ2n) is 7.45. The smallest absolute Gasteiger partial charge is 0.376 e. The Morgan fingerprint density at radius 1 is 1.27 bits per heavy atom. The van der Waals surface area contributed by atoms with Gasteiger partial charge in [0.2, 0.25) is 10.2 Å². The summed E-state index contributed by atoms with van der Waals surface area (Å²) in [7, 11) is -3.94. The van der Waals surface area contributed by atoms with Gasteiger partial charge in [0, 0.05) is 18.8 Å². The van der Waals surface area contributed by atoms with Crippen LogP contribution in [0.15, 0.2) is 34.9 Å². The minimum absolute atomic E-state index is 0.0691. The van der Waals surface area contributed by atoms with Crippen molar-refractivity contribution in [3.63, 3.8) is 0 Å². The maximum absolute atomic E-state index is 12.8. The number of nitrogens with two attached hydrogens (primary N) is 1. The molecular formula is C20H22N8O6S3. The Balaban J connectivity index is 1.55. The highest BCUT2D eigenvalue weighted by atomic mass is 32.2. The molecule has 0 atom stereocenters. The Bertz CT molecular complexity index is 1520. The maximum Gasteiger partial charge on any atom is 0.376 e. The Morgan fingerprint density at radius 2 is 2.05 bits per heavy atom. The van der Waals surface area contributed by atoms with Gasteiger partial charge in [0.1, 0.15) is 19.5 Å². The lowest BCUT2D eigenvalue weighted by Gasteiger charge is -2.24. The molecule has 4 aromatic rings. The van der Waals surface area contributed by atoms with E-state index in [1.54, 1.807) is 24.3 Å². The van der Waals surface area contributed by atoms with Gasteiger partial charge in [-0.1, -0.05) is 12.1 Å². The van der Waals surface area contributed by atoms with Crippen molar-refractivity contribution in [3.8, 4) is 0 Å². The van der Waals surface area contributed by atoms with Crippen LogP contribution in [-0.4, -0.2) is 88.3 Å². The quantitative estimate of drug-likeness (QED) is 0.159. The number of sulfonamides is 1. The first-order valence-electron chi connectivity index (χ1n) is 10.7. The molecule has 0 saturated carbocycles. The van der Waals surface area contributed by atoms with Crippen LogP contribution in [0.3, 0.4) is 0 Å². The van der Waals surface area contributed by atoms with E-state index in [0.717, 1.165) is 16.0 Å². The SMILES string of the molecule is CSCCOC(=O)c1nc(N)c2ncn(N(CCNS(=O)(=O)c3nc4ccccc4s3)CC(=O)O)c2n1. The molecule has 3 heterocycles. The molecule has 0 aliphatic heterocycles. The van der Waals surface area contributed by atoms with Crippen molar-refractivity contribution in [2.45, 2.75) is 4.34 Å². The van der Waals surface area contributed by atoms with Crippen molar-refractivity contribution in [1.82, 2.24) is 29.3 Å². The Hall–Kier alpha value is -3.54. The van der Waals surface area contributed by atoms with Crippen LogP contribution in [0, 0.1) is 0 Å². The van der Waals surface area contributed by atoms with Crippen LogP contribution >= 0.6 is 23.1 Å². The molecule has 0 aliphatic rings. The second kappa shape index (κ2) is 11.2. The van der Waals surface area contributed by atoms with Gasteiger partial charge in [-0.3, -0.25) is 9.80 Å². The first-order valence-corrected chi connectivity index (χ1v) is 14.4. The lowest BCUT2D eigenvalue weighted by molar-refractivity contribution is -0.135. The fraction of sp³-hybridized carbons (Fsp3) is 0.300. The number of thioether (sulfide) groups is 1. The topological polar surface area (TPSA) is 196 Å². The number of nitrogen functional groups attached to an aromatic ring is 1. The molecule has 0 fully saturated rings. The summed E-state index contributed by atoms with van der Waals surface area (Å²) in [5.41, 5.74) is 6.72. The number of nitrogens with zero attached hydrogens (tertiary/aromatic N) is 6. The number of carbonyl (C=O) groups excluding carboxylic acids is 1. The number of hydrogen-bond acceptors (Lipinski definition) is 13. The highest BCUT2D eigenvalue weighted by Gasteiger charge is 2.23. The molecule has 1 aromatic carbocycles. The zero-order valence-electron chi connectivity index (χ0n) is 19.4. The second-order valence-corrected chi connectivity index (χ2v) is 11.4. The number of aliphatic carboxylic acids is 1. The molecule has 3 aromatic heterocycles. The molecule has 0 aliphatic carbocycles. The van der Waals surface area contributed by atoms with Crippen LogP contribution in [0.25, 0.3) is 21.4 Å². The van der Waals surface area contributed by atoms with Crippen molar-refractivity contribution >= 4 is 72.3 Å². The predicted molar refractivity (Wildman–Crippen MR) is 139 cm³/mol. The van der Waals surface area contributed by atoms with Crippen molar-refractivity contribution in [1.29, 1.82) is 0 Å². The number of nitrogens with one attached hydrogen (secondary N) is 1. The molecule has 0 saturated heterocycles. The van der Waals surface area contributed by atoms with Crippen molar-refractivity contribution < 1.29 is 27.9 Å². The third-order valence-corrected chi connectivity index (χ3v) is 8.35. The van der Waals surface area contributed by atoms with E-state index in [-0.39, 0.29) is 46.8 Å². The molecule has 37 heavy (non-hydrogen) atoms. The minimum atomic E-state index is -3.94. The van der Waals surface area contributed by atoms with Gasteiger partial charge in [-0.2, -0.15) is 11.8 Å². The third kappa shape index (κ3) is 6.07. The number of imidazole rings is 1. The Morgan fingerprint density at radius 3 is 2.78 bits per heavy atom. The van der Waals surface area contributed by atoms with E-state index >= 15 is 0 Å². The number of carbonyl (C=O) groups is 2. The number of fused-ring (bicyclic) bond motifs is 2. The summed E-state index contributed by atoms with van der Waals surface area (Å²) >= 11 is 2.52. The van der Waals surface area contributed by atoms with Crippen LogP contribution in [0.1, 0.15) is 10.6 Å². The molecule has 0 bridgehead atoms. The highest BCUT2D eigenvalue weighted by Crippen LogP contribution is 2.24. The minimum Gasteiger partial charge on any atom is -0.480 e. The van der Waals surface area contributed by atoms with E-state index in [1.165, 1.54) is 27.8 Å². The summed E-state index contributed by atoms with van der Waals surface area (Å²) in [6, 6.07) is 7.03. The molecular weight excluding hydrogens is 544 g/mol. The highest BCUT2D eigenvalue weighted by molar-refractivity contribution is 7.98. The molecule has 196 valence electrons. The Kier molecular flexibility index (Phi) is 8.06. The van der Waals surface area contributed by atoms with Gasteiger partial charge in [-0.05, 0) is 18.4 Å². The number of anilines is 1. The average Bonchev–Trinajstić information content (AvgIpc) is 3.48. The summed E-state index contributed by atoms with van der Waals surface area (Å²) in [4.78, 5) is 40.3. The van der Waals surface area contributed by atoms with Gasteiger partial charge in [0.15, 0.2) is 17.0 Å². The van der Waals surface area contributed by atoms with Crippen LogP contribution in [0.4, 0.5) is 5.82 Å². The average molecular weight is 567 g/mol. The molecule has 4 rings (SSSR count). The van der Waals surface area contributed by atoms with Gasteiger partial charge in [-0.15, -0.1) is 11.3 Å². The molecule has 0 spiro atoms. The normalized spacial score (nSPS) is 11.7. The molecule has 4 N–H and O–H groups in total. The van der Waals surface area contributed by atoms with Gasteiger partial charge in [0.25, 0.3) is 10.0 Å². The molecule has 0 amide bonds. The number of aromatic nitrogens is 5. The summed E-state index contributed by atoms with van der Waals surface area (Å²) < 4.78 is 35.0. The van der Waals surface area contributed by atoms with E-state index in [0.29, 0.717) is 11.3 Å². The van der Waals surface area contributed by atoms with E-state index in [9.17, 15) is 23.1 Å². The molecule has 0 radical (unpaired) electrons.